The lowest BCUT2D eigenvalue weighted by molar-refractivity contribution is 0.411. The molecule has 8 heteroatoms. The fourth-order valence-electron chi connectivity index (χ4n) is 2.60. The molecule has 3 rings (SSSR count). The van der Waals surface area contributed by atoms with Gasteiger partial charge in [-0.25, -0.2) is 4.79 Å². The maximum Gasteiger partial charge on any atom is 0.332 e. The van der Waals surface area contributed by atoms with Crippen molar-refractivity contribution in [3.63, 3.8) is 0 Å². The number of benzene rings is 1. The topological polar surface area (TPSA) is 58.2 Å². The molecule has 0 aliphatic carbocycles. The second kappa shape index (κ2) is 6.57. The van der Waals surface area contributed by atoms with E-state index in [0.717, 1.165) is 5.56 Å². The van der Waals surface area contributed by atoms with Crippen molar-refractivity contribution in [1.82, 2.24) is 13.7 Å². The Labute approximate surface area is 157 Å². The van der Waals surface area contributed by atoms with E-state index in [1.54, 1.807) is 44.8 Å². The number of pyridine rings is 1. The van der Waals surface area contributed by atoms with Gasteiger partial charge < -0.3 is 13.9 Å². The Kier molecular flexibility index (Phi) is 4.62. The van der Waals surface area contributed by atoms with E-state index in [1.165, 1.54) is 20.8 Å². The molecule has 0 saturated carbocycles. The molecule has 0 radical (unpaired) electrons. The van der Waals surface area contributed by atoms with Crippen LogP contribution in [0.4, 0.5) is 0 Å². The first-order chi connectivity index (χ1) is 11.8. The van der Waals surface area contributed by atoms with Crippen LogP contribution in [0.5, 0.6) is 5.75 Å². The van der Waals surface area contributed by atoms with Gasteiger partial charge in [-0.15, -0.1) is 0 Å². The first-order valence-electron chi connectivity index (χ1n) is 7.32. The summed E-state index contributed by atoms with van der Waals surface area (Å²) in [6.07, 6.45) is 5.01. The number of methoxy groups -OCH3 is 1. The van der Waals surface area contributed by atoms with E-state index in [0.29, 0.717) is 26.5 Å². The molecule has 0 bridgehead atoms. The van der Waals surface area contributed by atoms with Gasteiger partial charge in [0.25, 0.3) is 5.56 Å². The molecule has 0 unspecified atom stereocenters. The molecule has 0 saturated heterocycles. The predicted molar refractivity (Wildman–Crippen MR) is 101 cm³/mol. The van der Waals surface area contributed by atoms with Crippen molar-refractivity contribution in [2.75, 3.05) is 7.11 Å². The molecule has 0 aliphatic heterocycles. The van der Waals surface area contributed by atoms with Crippen LogP contribution in [0.2, 0.25) is 5.02 Å². The van der Waals surface area contributed by atoms with Crippen LogP contribution in [0.1, 0.15) is 0 Å². The van der Waals surface area contributed by atoms with Gasteiger partial charge in [-0.3, -0.25) is 9.36 Å². The highest BCUT2D eigenvalue weighted by Gasteiger charge is 2.16. The lowest BCUT2D eigenvalue weighted by atomic mass is 10.1. The number of aryl methyl sites for hydroxylation is 2. The molecule has 0 N–H and O–H groups in total. The third-order valence-electron chi connectivity index (χ3n) is 3.94. The fourth-order valence-corrected chi connectivity index (χ4v) is 3.53. The summed E-state index contributed by atoms with van der Waals surface area (Å²) in [7, 11) is 4.84. The SMILES string of the molecule is COc1c(-c2ccc(-n3ccn(C)c3=O)c(Cl)c2)cn(C)c(=O)c1Br. The summed E-state index contributed by atoms with van der Waals surface area (Å²) in [6.45, 7) is 0. The zero-order chi connectivity index (χ0) is 18.3. The summed E-state index contributed by atoms with van der Waals surface area (Å²) >= 11 is 9.69. The molecular weight excluding hydrogens is 410 g/mol. The normalized spacial score (nSPS) is 10.9. The molecule has 1 aromatic carbocycles. The molecule has 0 spiro atoms. The van der Waals surface area contributed by atoms with Gasteiger partial charge in [-0.2, -0.15) is 0 Å². The highest BCUT2D eigenvalue weighted by molar-refractivity contribution is 9.10. The lowest BCUT2D eigenvalue weighted by Crippen LogP contribution is -2.20. The van der Waals surface area contributed by atoms with E-state index in [4.69, 9.17) is 16.3 Å². The highest BCUT2D eigenvalue weighted by Crippen LogP contribution is 2.36. The van der Waals surface area contributed by atoms with E-state index in [2.05, 4.69) is 15.9 Å². The minimum absolute atomic E-state index is 0.183. The van der Waals surface area contributed by atoms with Crippen molar-refractivity contribution in [3.8, 4) is 22.6 Å². The summed E-state index contributed by atoms with van der Waals surface area (Å²) in [6, 6.07) is 5.33. The van der Waals surface area contributed by atoms with Gasteiger partial charge in [0.1, 0.15) is 10.2 Å². The third kappa shape index (κ3) is 2.94. The number of rotatable bonds is 3. The standard InChI is InChI=1S/C17H15BrClN3O3/c1-20-6-7-22(17(20)24)13-5-4-10(8-12(13)19)11-9-21(2)16(23)14(18)15(11)25-3/h4-9H,1-3H3. The fraction of sp³-hybridized carbons (Fsp3) is 0.176. The van der Waals surface area contributed by atoms with Crippen LogP contribution in [-0.2, 0) is 14.1 Å². The Hall–Kier alpha value is -2.25. The maximum atomic E-state index is 12.1. The average molecular weight is 425 g/mol. The minimum Gasteiger partial charge on any atom is -0.495 e. The van der Waals surface area contributed by atoms with Gasteiger partial charge in [0.15, 0.2) is 0 Å². The van der Waals surface area contributed by atoms with Crippen molar-refractivity contribution >= 4 is 27.5 Å². The van der Waals surface area contributed by atoms with Crippen molar-refractivity contribution < 1.29 is 4.74 Å². The van der Waals surface area contributed by atoms with E-state index >= 15 is 0 Å². The predicted octanol–water partition coefficient (Wildman–Crippen LogP) is 2.97. The van der Waals surface area contributed by atoms with Gasteiger partial charge in [0.05, 0.1) is 17.8 Å². The second-order valence-corrected chi connectivity index (χ2v) is 6.73. The van der Waals surface area contributed by atoms with Crippen molar-refractivity contribution in [2.45, 2.75) is 0 Å². The number of imidazole rings is 1. The summed E-state index contributed by atoms with van der Waals surface area (Å²) in [5, 5.41) is 0.415. The van der Waals surface area contributed by atoms with Crippen molar-refractivity contribution in [3.05, 3.63) is 67.1 Å². The van der Waals surface area contributed by atoms with Crippen LogP contribution in [0.3, 0.4) is 0 Å². The minimum atomic E-state index is -0.195. The molecular formula is C17H15BrClN3O3. The monoisotopic (exact) mass is 423 g/mol. The molecule has 2 aromatic heterocycles. The Morgan fingerprint density at radius 3 is 2.40 bits per heavy atom. The van der Waals surface area contributed by atoms with Gasteiger partial charge in [-0.05, 0) is 33.6 Å². The zero-order valence-electron chi connectivity index (χ0n) is 13.8. The smallest absolute Gasteiger partial charge is 0.332 e. The van der Waals surface area contributed by atoms with Gasteiger partial charge in [0, 0.05) is 38.2 Å². The molecule has 0 aliphatic rings. The van der Waals surface area contributed by atoms with Crippen LogP contribution >= 0.6 is 27.5 Å². The summed E-state index contributed by atoms with van der Waals surface area (Å²) < 4.78 is 10.1. The van der Waals surface area contributed by atoms with Gasteiger partial charge in [-0.1, -0.05) is 17.7 Å². The Morgan fingerprint density at radius 1 is 1.12 bits per heavy atom. The summed E-state index contributed by atoms with van der Waals surface area (Å²) in [5.41, 5.74) is 1.69. The van der Waals surface area contributed by atoms with Crippen molar-refractivity contribution in [1.29, 1.82) is 0 Å². The molecule has 3 aromatic rings. The Morgan fingerprint density at radius 2 is 1.84 bits per heavy atom. The first kappa shape index (κ1) is 17.6. The second-order valence-electron chi connectivity index (χ2n) is 5.53. The van der Waals surface area contributed by atoms with E-state index in [-0.39, 0.29) is 11.2 Å². The van der Waals surface area contributed by atoms with E-state index < -0.39 is 0 Å². The number of halogens is 2. The molecule has 130 valence electrons. The van der Waals surface area contributed by atoms with E-state index in [1.807, 2.05) is 6.07 Å². The molecule has 0 atom stereocenters. The maximum absolute atomic E-state index is 12.1. The molecule has 2 heterocycles. The van der Waals surface area contributed by atoms with Crippen LogP contribution in [-0.4, -0.2) is 20.8 Å². The Balaban J connectivity index is 2.18. The number of nitrogens with zero attached hydrogens (tertiary/aromatic N) is 3. The zero-order valence-corrected chi connectivity index (χ0v) is 16.1. The highest BCUT2D eigenvalue weighted by atomic mass is 79.9. The summed E-state index contributed by atoms with van der Waals surface area (Å²) in [4.78, 5) is 24.2. The van der Waals surface area contributed by atoms with Gasteiger partial charge in [0.2, 0.25) is 0 Å². The van der Waals surface area contributed by atoms with Crippen LogP contribution < -0.4 is 16.0 Å². The van der Waals surface area contributed by atoms with Crippen molar-refractivity contribution in [2.24, 2.45) is 14.1 Å². The molecule has 25 heavy (non-hydrogen) atoms. The number of aromatic nitrogens is 3. The molecule has 0 fully saturated rings. The summed E-state index contributed by atoms with van der Waals surface area (Å²) in [5.74, 6) is 0.434. The molecule has 6 nitrogen and oxygen atoms in total. The van der Waals surface area contributed by atoms with Gasteiger partial charge >= 0.3 is 5.69 Å². The number of ether oxygens (including phenoxy) is 1. The first-order valence-corrected chi connectivity index (χ1v) is 8.49. The molecule has 0 amide bonds. The van der Waals surface area contributed by atoms with Crippen LogP contribution in [0.25, 0.3) is 16.8 Å². The lowest BCUT2D eigenvalue weighted by Gasteiger charge is -2.14. The quantitative estimate of drug-likeness (QED) is 0.649. The average Bonchev–Trinajstić information content (AvgIpc) is 2.91. The largest absolute Gasteiger partial charge is 0.495 e. The van der Waals surface area contributed by atoms with Crippen LogP contribution in [0.15, 0.2) is 50.9 Å². The Bertz CT molecular complexity index is 1080. The van der Waals surface area contributed by atoms with E-state index in [9.17, 15) is 9.59 Å². The number of hydrogen-bond acceptors (Lipinski definition) is 3. The van der Waals surface area contributed by atoms with Crippen LogP contribution in [0, 0.1) is 0 Å². The third-order valence-corrected chi connectivity index (χ3v) is 4.95. The number of hydrogen-bond donors (Lipinski definition) is 0.